The molecule has 114 valence electrons. The van der Waals surface area contributed by atoms with Crippen LogP contribution in [-0.2, 0) is 6.54 Å². The van der Waals surface area contributed by atoms with Gasteiger partial charge in [0.05, 0.1) is 33.4 Å². The molecule has 0 N–H and O–H groups in total. The Kier molecular flexibility index (Phi) is 3.82. The van der Waals surface area contributed by atoms with Crippen molar-refractivity contribution in [2.75, 3.05) is 21.3 Å². The van der Waals surface area contributed by atoms with E-state index in [0.717, 1.165) is 16.6 Å². The summed E-state index contributed by atoms with van der Waals surface area (Å²) in [6.07, 6.45) is 0. The largest absolute Gasteiger partial charge is 0.493 e. The first-order valence-electron chi connectivity index (χ1n) is 6.84. The minimum absolute atomic E-state index is 0.567. The van der Waals surface area contributed by atoms with E-state index < -0.39 is 0 Å². The molecule has 0 bridgehead atoms. The van der Waals surface area contributed by atoms with Crippen LogP contribution in [0.3, 0.4) is 0 Å². The second-order valence-corrected chi connectivity index (χ2v) is 4.77. The number of rotatable bonds is 5. The van der Waals surface area contributed by atoms with Gasteiger partial charge in [-0.3, -0.25) is 0 Å². The number of methoxy groups -OCH3 is 3. The summed E-state index contributed by atoms with van der Waals surface area (Å²) in [5.74, 6) is 1.83. The van der Waals surface area contributed by atoms with E-state index in [2.05, 4.69) is 10.3 Å². The van der Waals surface area contributed by atoms with Gasteiger partial charge in [0.25, 0.3) is 0 Å². The van der Waals surface area contributed by atoms with Crippen molar-refractivity contribution in [3.63, 3.8) is 0 Å². The van der Waals surface area contributed by atoms with Crippen LogP contribution in [-0.4, -0.2) is 36.3 Å². The van der Waals surface area contributed by atoms with E-state index >= 15 is 0 Å². The fourth-order valence-corrected chi connectivity index (χ4v) is 2.43. The Bertz CT molecular complexity index is 773. The van der Waals surface area contributed by atoms with Gasteiger partial charge in [0, 0.05) is 0 Å². The number of aromatic nitrogens is 3. The molecule has 0 aliphatic rings. The molecule has 3 aromatic rings. The Morgan fingerprint density at radius 2 is 1.64 bits per heavy atom. The van der Waals surface area contributed by atoms with E-state index in [0.29, 0.717) is 23.8 Å². The molecule has 1 heterocycles. The molecule has 22 heavy (non-hydrogen) atoms. The number of benzene rings is 2. The summed E-state index contributed by atoms with van der Waals surface area (Å²) in [5.41, 5.74) is 2.84. The average Bonchev–Trinajstić information content (AvgIpc) is 2.97. The molecule has 2 aromatic carbocycles. The van der Waals surface area contributed by atoms with Gasteiger partial charge in [-0.2, -0.15) is 0 Å². The van der Waals surface area contributed by atoms with Crippen molar-refractivity contribution in [2.24, 2.45) is 0 Å². The van der Waals surface area contributed by atoms with Crippen LogP contribution in [0.2, 0.25) is 0 Å². The third-order valence-electron chi connectivity index (χ3n) is 3.48. The molecule has 0 aliphatic carbocycles. The molecule has 6 heteroatoms. The zero-order valence-electron chi connectivity index (χ0n) is 12.7. The summed E-state index contributed by atoms with van der Waals surface area (Å²) in [6, 6.07) is 11.7. The lowest BCUT2D eigenvalue weighted by molar-refractivity contribution is 0.323. The highest BCUT2D eigenvalue weighted by atomic mass is 16.5. The van der Waals surface area contributed by atoms with Crippen molar-refractivity contribution >= 4 is 11.0 Å². The van der Waals surface area contributed by atoms with Gasteiger partial charge >= 0.3 is 0 Å². The van der Waals surface area contributed by atoms with Crippen LogP contribution in [0.25, 0.3) is 11.0 Å². The highest BCUT2D eigenvalue weighted by Crippen LogP contribution is 2.38. The van der Waals surface area contributed by atoms with E-state index in [1.807, 2.05) is 41.1 Å². The van der Waals surface area contributed by atoms with Crippen molar-refractivity contribution in [1.29, 1.82) is 0 Å². The summed E-state index contributed by atoms with van der Waals surface area (Å²) in [5, 5.41) is 8.36. The lowest BCUT2D eigenvalue weighted by Gasteiger charge is -2.14. The van der Waals surface area contributed by atoms with Gasteiger partial charge in [0.1, 0.15) is 5.52 Å². The molecule has 0 fully saturated rings. The maximum atomic E-state index is 5.38. The lowest BCUT2D eigenvalue weighted by Crippen LogP contribution is -2.04. The van der Waals surface area contributed by atoms with Crippen LogP contribution in [0.4, 0.5) is 0 Å². The number of para-hydroxylation sites is 1. The molecule has 3 rings (SSSR count). The van der Waals surface area contributed by atoms with Gasteiger partial charge in [-0.15, -0.1) is 5.10 Å². The van der Waals surface area contributed by atoms with Gasteiger partial charge in [-0.1, -0.05) is 17.3 Å². The quantitative estimate of drug-likeness (QED) is 0.724. The van der Waals surface area contributed by atoms with Gasteiger partial charge in [0.2, 0.25) is 5.75 Å². The number of hydrogen-bond donors (Lipinski definition) is 0. The van der Waals surface area contributed by atoms with Crippen LogP contribution in [0, 0.1) is 0 Å². The number of fused-ring (bicyclic) bond motifs is 1. The lowest BCUT2D eigenvalue weighted by atomic mass is 10.1. The van der Waals surface area contributed by atoms with Crippen molar-refractivity contribution in [1.82, 2.24) is 15.0 Å². The smallest absolute Gasteiger partial charge is 0.203 e. The topological polar surface area (TPSA) is 58.4 Å². The zero-order chi connectivity index (χ0) is 15.5. The minimum atomic E-state index is 0.567. The van der Waals surface area contributed by atoms with Crippen LogP contribution < -0.4 is 14.2 Å². The summed E-state index contributed by atoms with van der Waals surface area (Å²) in [4.78, 5) is 0. The van der Waals surface area contributed by atoms with Crippen molar-refractivity contribution in [3.05, 3.63) is 42.0 Å². The molecule has 6 nitrogen and oxygen atoms in total. The molecular formula is C16H17N3O3. The fourth-order valence-electron chi connectivity index (χ4n) is 2.43. The van der Waals surface area contributed by atoms with E-state index in [-0.39, 0.29) is 0 Å². The van der Waals surface area contributed by atoms with Gasteiger partial charge in [0.15, 0.2) is 11.5 Å². The average molecular weight is 299 g/mol. The third kappa shape index (κ3) is 2.43. The second-order valence-electron chi connectivity index (χ2n) is 4.77. The van der Waals surface area contributed by atoms with Gasteiger partial charge in [-0.05, 0) is 29.8 Å². The summed E-state index contributed by atoms with van der Waals surface area (Å²) < 4.78 is 17.9. The van der Waals surface area contributed by atoms with E-state index in [1.54, 1.807) is 21.3 Å². The van der Waals surface area contributed by atoms with Gasteiger partial charge in [-0.25, -0.2) is 4.68 Å². The standard InChI is InChI=1S/C16H17N3O3/c1-20-14-8-11(9-15(21-2)16(14)22-3)10-19-13-7-5-4-6-12(13)17-18-19/h4-9H,10H2,1-3H3. The monoisotopic (exact) mass is 299 g/mol. The number of nitrogens with zero attached hydrogens (tertiary/aromatic N) is 3. The molecule has 0 spiro atoms. The second kappa shape index (κ2) is 5.93. The maximum Gasteiger partial charge on any atom is 0.203 e. The van der Waals surface area contributed by atoms with E-state index in [1.165, 1.54) is 0 Å². The first-order chi connectivity index (χ1) is 10.8. The first kappa shape index (κ1) is 14.2. The number of ether oxygens (including phenoxy) is 3. The Morgan fingerprint density at radius 1 is 0.955 bits per heavy atom. The Morgan fingerprint density at radius 3 is 2.27 bits per heavy atom. The van der Waals surface area contributed by atoms with E-state index in [9.17, 15) is 0 Å². The molecule has 0 amide bonds. The van der Waals surface area contributed by atoms with Crippen LogP contribution in [0.5, 0.6) is 17.2 Å². The van der Waals surface area contributed by atoms with Crippen LogP contribution >= 0.6 is 0 Å². The molecular weight excluding hydrogens is 282 g/mol. The highest BCUT2D eigenvalue weighted by Gasteiger charge is 2.14. The fraction of sp³-hybridized carbons (Fsp3) is 0.250. The van der Waals surface area contributed by atoms with Crippen molar-refractivity contribution in [3.8, 4) is 17.2 Å². The summed E-state index contributed by atoms with van der Waals surface area (Å²) in [6.45, 7) is 0.567. The molecule has 0 unspecified atom stereocenters. The predicted octanol–water partition coefficient (Wildman–Crippen LogP) is 2.51. The highest BCUT2D eigenvalue weighted by molar-refractivity contribution is 5.74. The van der Waals surface area contributed by atoms with Crippen molar-refractivity contribution in [2.45, 2.75) is 6.54 Å². The Balaban J connectivity index is 2.01. The molecule has 1 aromatic heterocycles. The molecule has 0 radical (unpaired) electrons. The first-order valence-corrected chi connectivity index (χ1v) is 6.84. The summed E-state index contributed by atoms with van der Waals surface area (Å²) >= 11 is 0. The van der Waals surface area contributed by atoms with Crippen LogP contribution in [0.15, 0.2) is 36.4 Å². The van der Waals surface area contributed by atoms with Crippen molar-refractivity contribution < 1.29 is 14.2 Å². The SMILES string of the molecule is COc1cc(Cn2nnc3ccccc32)cc(OC)c1OC. The molecule has 0 atom stereocenters. The third-order valence-corrected chi connectivity index (χ3v) is 3.48. The minimum Gasteiger partial charge on any atom is -0.493 e. The summed E-state index contributed by atoms with van der Waals surface area (Å²) in [7, 11) is 4.79. The van der Waals surface area contributed by atoms with Crippen LogP contribution in [0.1, 0.15) is 5.56 Å². The number of hydrogen-bond acceptors (Lipinski definition) is 5. The Hall–Kier alpha value is -2.76. The molecule has 0 aliphatic heterocycles. The predicted molar refractivity (Wildman–Crippen MR) is 82.7 cm³/mol. The van der Waals surface area contributed by atoms with Gasteiger partial charge < -0.3 is 14.2 Å². The molecule has 0 saturated heterocycles. The Labute approximate surface area is 128 Å². The zero-order valence-corrected chi connectivity index (χ0v) is 12.7. The normalized spacial score (nSPS) is 10.7. The maximum absolute atomic E-state index is 5.38. The van der Waals surface area contributed by atoms with E-state index in [4.69, 9.17) is 14.2 Å². The molecule has 0 saturated carbocycles.